The normalized spacial score (nSPS) is 20.1. The second kappa shape index (κ2) is 7.40. The van der Waals surface area contributed by atoms with Gasteiger partial charge in [0.25, 0.3) is 5.91 Å². The highest BCUT2D eigenvalue weighted by Crippen LogP contribution is 2.33. The monoisotopic (exact) mass is 351 g/mol. The highest BCUT2D eigenvalue weighted by atomic mass is 16.1. The fourth-order valence-corrected chi connectivity index (χ4v) is 4.04. The molecule has 0 radical (unpaired) electrons. The van der Waals surface area contributed by atoms with Crippen LogP contribution in [0.1, 0.15) is 41.8 Å². The highest BCUT2D eigenvalue weighted by Gasteiger charge is 2.24. The number of hydrogen-bond acceptors (Lipinski definition) is 3. The molecule has 0 unspecified atom stereocenters. The van der Waals surface area contributed by atoms with Crippen molar-refractivity contribution >= 4 is 23.0 Å². The second-order valence-corrected chi connectivity index (χ2v) is 7.85. The summed E-state index contributed by atoms with van der Waals surface area (Å²) >= 11 is 0. The topological polar surface area (TPSA) is 58.4 Å². The molecule has 1 amide bonds. The molecule has 1 heterocycles. The van der Waals surface area contributed by atoms with E-state index in [1.165, 1.54) is 6.42 Å². The Kier molecular flexibility index (Phi) is 5.21. The molecule has 0 aromatic heterocycles. The number of piperidine rings is 1. The molecular weight excluding hydrogens is 322 g/mol. The van der Waals surface area contributed by atoms with E-state index in [1.54, 1.807) is 0 Å². The Labute approximate surface area is 156 Å². The Balaban J connectivity index is 1.89. The van der Waals surface area contributed by atoms with E-state index >= 15 is 0 Å². The third-order valence-electron chi connectivity index (χ3n) is 5.22. The number of aryl methyl sites for hydroxylation is 2. The lowest BCUT2D eigenvalue weighted by molar-refractivity contribution is 0.102. The molecule has 0 saturated carbocycles. The molecule has 138 valence electrons. The number of nitrogens with one attached hydrogen (secondary N) is 1. The van der Waals surface area contributed by atoms with Crippen molar-refractivity contribution < 1.29 is 4.79 Å². The molecule has 2 atom stereocenters. The zero-order valence-corrected chi connectivity index (χ0v) is 16.2. The van der Waals surface area contributed by atoms with Crippen LogP contribution in [0.5, 0.6) is 0 Å². The average molecular weight is 351 g/mol. The van der Waals surface area contributed by atoms with Crippen LogP contribution < -0.4 is 16.0 Å². The van der Waals surface area contributed by atoms with Gasteiger partial charge in [-0.25, -0.2) is 0 Å². The zero-order chi connectivity index (χ0) is 18.8. The lowest BCUT2D eigenvalue weighted by Gasteiger charge is -2.37. The van der Waals surface area contributed by atoms with E-state index < -0.39 is 0 Å². The fraction of sp³-hybridized carbons (Fsp3) is 0.409. The first-order chi connectivity index (χ1) is 12.3. The highest BCUT2D eigenvalue weighted by molar-refractivity contribution is 6.07. The minimum absolute atomic E-state index is 0.120. The number of carbonyl (C=O) groups is 1. The summed E-state index contributed by atoms with van der Waals surface area (Å²) in [5, 5.41) is 3.01. The van der Waals surface area contributed by atoms with Gasteiger partial charge in [0.15, 0.2) is 0 Å². The van der Waals surface area contributed by atoms with Crippen LogP contribution in [0.2, 0.25) is 0 Å². The van der Waals surface area contributed by atoms with Crippen LogP contribution in [-0.4, -0.2) is 19.0 Å². The number of carbonyl (C=O) groups excluding carboxylic acids is 1. The molecular formula is C22H29N3O. The fourth-order valence-electron chi connectivity index (χ4n) is 4.04. The number of rotatable bonds is 3. The van der Waals surface area contributed by atoms with Crippen molar-refractivity contribution in [3.05, 3.63) is 53.1 Å². The molecule has 4 nitrogen and oxygen atoms in total. The molecule has 1 aliphatic heterocycles. The Morgan fingerprint density at radius 3 is 2.38 bits per heavy atom. The lowest BCUT2D eigenvalue weighted by atomic mass is 9.91. The van der Waals surface area contributed by atoms with Crippen molar-refractivity contribution in [2.45, 2.75) is 34.1 Å². The Morgan fingerprint density at radius 1 is 1.08 bits per heavy atom. The van der Waals surface area contributed by atoms with Gasteiger partial charge < -0.3 is 16.0 Å². The summed E-state index contributed by atoms with van der Waals surface area (Å²) in [5.74, 6) is 1.21. The molecule has 26 heavy (non-hydrogen) atoms. The number of nitrogens with zero attached hydrogens (tertiary/aromatic N) is 1. The summed E-state index contributed by atoms with van der Waals surface area (Å²) in [6, 6.07) is 11.6. The van der Waals surface area contributed by atoms with E-state index in [1.807, 2.05) is 43.3 Å². The van der Waals surface area contributed by atoms with Crippen molar-refractivity contribution in [3.8, 4) is 0 Å². The Morgan fingerprint density at radius 2 is 1.73 bits per heavy atom. The summed E-state index contributed by atoms with van der Waals surface area (Å²) in [5.41, 5.74) is 11.4. The Hall–Kier alpha value is -2.49. The maximum Gasteiger partial charge on any atom is 0.255 e. The number of nitrogens with two attached hydrogens (primary N) is 1. The smallest absolute Gasteiger partial charge is 0.255 e. The molecule has 2 aromatic rings. The molecule has 1 aliphatic rings. The van der Waals surface area contributed by atoms with Gasteiger partial charge in [-0.1, -0.05) is 32.0 Å². The molecule has 4 heteroatoms. The van der Waals surface area contributed by atoms with E-state index in [9.17, 15) is 4.79 Å². The van der Waals surface area contributed by atoms with Crippen molar-refractivity contribution in [3.63, 3.8) is 0 Å². The molecule has 1 saturated heterocycles. The van der Waals surface area contributed by atoms with Gasteiger partial charge in [-0.15, -0.1) is 0 Å². The molecule has 1 fully saturated rings. The molecule has 2 aromatic carbocycles. The quantitative estimate of drug-likeness (QED) is 0.793. The third-order valence-corrected chi connectivity index (χ3v) is 5.22. The predicted molar refractivity (Wildman–Crippen MR) is 110 cm³/mol. The first-order valence-electron chi connectivity index (χ1n) is 9.37. The van der Waals surface area contributed by atoms with Crippen LogP contribution in [0.15, 0.2) is 36.4 Å². The van der Waals surface area contributed by atoms with Crippen LogP contribution in [0.4, 0.5) is 17.1 Å². The molecule has 3 N–H and O–H groups in total. The van der Waals surface area contributed by atoms with Crippen LogP contribution in [0.3, 0.4) is 0 Å². The van der Waals surface area contributed by atoms with Crippen molar-refractivity contribution in [2.24, 2.45) is 11.8 Å². The van der Waals surface area contributed by atoms with Crippen molar-refractivity contribution in [2.75, 3.05) is 29.0 Å². The number of anilines is 3. The van der Waals surface area contributed by atoms with Gasteiger partial charge in [-0.3, -0.25) is 4.79 Å². The van der Waals surface area contributed by atoms with Crippen molar-refractivity contribution in [1.82, 2.24) is 0 Å². The number of benzene rings is 2. The van der Waals surface area contributed by atoms with E-state index in [-0.39, 0.29) is 5.91 Å². The second-order valence-electron chi connectivity index (χ2n) is 7.85. The van der Waals surface area contributed by atoms with Crippen molar-refractivity contribution in [1.29, 1.82) is 0 Å². The lowest BCUT2D eigenvalue weighted by Crippen LogP contribution is -2.39. The van der Waals surface area contributed by atoms with Gasteiger partial charge >= 0.3 is 0 Å². The van der Waals surface area contributed by atoms with E-state index in [2.05, 4.69) is 31.0 Å². The van der Waals surface area contributed by atoms with Crippen LogP contribution >= 0.6 is 0 Å². The van der Waals surface area contributed by atoms with Crippen LogP contribution in [-0.2, 0) is 0 Å². The zero-order valence-electron chi connectivity index (χ0n) is 16.2. The Bertz CT molecular complexity index is 805. The van der Waals surface area contributed by atoms with Gasteiger partial charge in [0, 0.05) is 24.3 Å². The molecule has 0 bridgehead atoms. The standard InChI is InChI=1S/C22H29N3O/c1-14-9-15(2)13-25(12-14)21-11-20(19(23)10-17(21)4)24-22(26)18-8-6-5-7-16(18)3/h5-8,10-11,14-15H,9,12-13,23H2,1-4H3,(H,24,26)/t14-,15-/m1/s1. The van der Waals surface area contributed by atoms with Crippen LogP contribution in [0, 0.1) is 25.7 Å². The van der Waals surface area contributed by atoms with E-state index in [0.717, 1.165) is 29.9 Å². The average Bonchev–Trinajstić information content (AvgIpc) is 2.56. The minimum Gasteiger partial charge on any atom is -0.397 e. The summed E-state index contributed by atoms with van der Waals surface area (Å²) in [6.07, 6.45) is 1.27. The van der Waals surface area contributed by atoms with Gasteiger partial charge in [-0.2, -0.15) is 0 Å². The summed E-state index contributed by atoms with van der Waals surface area (Å²) in [4.78, 5) is 15.1. The van der Waals surface area contributed by atoms with E-state index in [4.69, 9.17) is 5.73 Å². The summed E-state index contributed by atoms with van der Waals surface area (Å²) in [7, 11) is 0. The maximum atomic E-state index is 12.7. The van der Waals surface area contributed by atoms with Gasteiger partial charge in [0.05, 0.1) is 11.4 Å². The summed E-state index contributed by atoms with van der Waals surface area (Å²) in [6.45, 7) is 10.7. The minimum atomic E-state index is -0.120. The molecule has 3 rings (SSSR count). The number of amides is 1. The largest absolute Gasteiger partial charge is 0.397 e. The summed E-state index contributed by atoms with van der Waals surface area (Å²) < 4.78 is 0. The van der Waals surface area contributed by atoms with Gasteiger partial charge in [-0.05, 0) is 61.4 Å². The first-order valence-corrected chi connectivity index (χ1v) is 9.37. The van der Waals surface area contributed by atoms with Crippen LogP contribution in [0.25, 0.3) is 0 Å². The predicted octanol–water partition coefficient (Wildman–Crippen LogP) is 4.62. The first kappa shape index (κ1) is 18.3. The SMILES string of the molecule is Cc1ccccc1C(=O)Nc1cc(N2C[C@H](C)C[C@@H](C)C2)c(C)cc1N. The molecule has 0 spiro atoms. The number of hydrogen-bond donors (Lipinski definition) is 2. The third kappa shape index (κ3) is 3.85. The van der Waals surface area contributed by atoms with Gasteiger partial charge in [0.2, 0.25) is 0 Å². The maximum absolute atomic E-state index is 12.7. The van der Waals surface area contributed by atoms with Gasteiger partial charge in [0.1, 0.15) is 0 Å². The number of nitrogen functional groups attached to an aromatic ring is 1. The molecule has 0 aliphatic carbocycles. The van der Waals surface area contributed by atoms with E-state index in [0.29, 0.717) is 28.8 Å².